The molecular weight excluding hydrogens is 451 g/mol. The van der Waals surface area contributed by atoms with Gasteiger partial charge in [-0.05, 0) is 49.1 Å². The van der Waals surface area contributed by atoms with Crippen LogP contribution in [0.4, 0.5) is 0 Å². The molecule has 1 aromatic carbocycles. The summed E-state index contributed by atoms with van der Waals surface area (Å²) in [6.07, 6.45) is 4.12. The predicted octanol–water partition coefficient (Wildman–Crippen LogP) is 4.08. The minimum Gasteiger partial charge on any atom is -0.468 e. The number of nitrogens with zero attached hydrogens (tertiary/aromatic N) is 3. The molecule has 0 atom stereocenters. The van der Waals surface area contributed by atoms with Gasteiger partial charge in [-0.25, -0.2) is 4.99 Å². The van der Waals surface area contributed by atoms with E-state index in [1.54, 1.807) is 6.26 Å². The fraction of sp³-hybridized carbons (Fsp3) is 0.476. The minimum atomic E-state index is 0. The normalized spacial score (nSPS) is 15.8. The highest BCUT2D eigenvalue weighted by atomic mass is 127. The summed E-state index contributed by atoms with van der Waals surface area (Å²) < 4.78 is 5.44. The molecule has 3 rings (SSSR count). The van der Waals surface area contributed by atoms with Crippen LogP contribution >= 0.6 is 24.0 Å². The van der Waals surface area contributed by atoms with Crippen LogP contribution in [0.15, 0.2) is 52.1 Å². The van der Waals surface area contributed by atoms with Crippen LogP contribution in [0.5, 0.6) is 0 Å². The van der Waals surface area contributed by atoms with Crippen molar-refractivity contribution in [3.8, 4) is 0 Å². The first kappa shape index (κ1) is 21.8. The highest BCUT2D eigenvalue weighted by Gasteiger charge is 2.17. The van der Waals surface area contributed by atoms with E-state index in [1.807, 2.05) is 12.1 Å². The number of rotatable bonds is 6. The lowest BCUT2D eigenvalue weighted by molar-refractivity contribution is 0.277. The Labute approximate surface area is 179 Å². The van der Waals surface area contributed by atoms with Gasteiger partial charge in [-0.3, -0.25) is 4.90 Å². The summed E-state index contributed by atoms with van der Waals surface area (Å²) in [5, 5.41) is 0. The molecule has 0 bridgehead atoms. The van der Waals surface area contributed by atoms with Crippen molar-refractivity contribution in [2.45, 2.75) is 39.4 Å². The molecule has 148 valence electrons. The molecule has 1 fully saturated rings. The van der Waals surface area contributed by atoms with Crippen molar-refractivity contribution < 1.29 is 4.42 Å². The molecular formula is C21H31IN4O. The zero-order chi connectivity index (χ0) is 18.4. The van der Waals surface area contributed by atoms with Crippen LogP contribution in [0.3, 0.4) is 0 Å². The minimum absolute atomic E-state index is 0. The lowest BCUT2D eigenvalue weighted by Gasteiger charge is -2.31. The van der Waals surface area contributed by atoms with Crippen LogP contribution in [0.2, 0.25) is 0 Å². The van der Waals surface area contributed by atoms with E-state index >= 15 is 0 Å². The van der Waals surface area contributed by atoms with Crippen molar-refractivity contribution in [1.29, 1.82) is 0 Å². The largest absolute Gasteiger partial charge is 0.468 e. The average molecular weight is 482 g/mol. The van der Waals surface area contributed by atoms with E-state index in [4.69, 9.17) is 10.2 Å². The molecule has 1 saturated heterocycles. The summed E-state index contributed by atoms with van der Waals surface area (Å²) in [6.45, 7) is 6.61. The van der Waals surface area contributed by atoms with Crippen LogP contribution < -0.4 is 5.73 Å². The number of hydrogen-bond acceptors (Lipinski definition) is 3. The van der Waals surface area contributed by atoms with Crippen molar-refractivity contribution >= 4 is 29.9 Å². The molecule has 5 nitrogen and oxygen atoms in total. The van der Waals surface area contributed by atoms with Gasteiger partial charge in [0.15, 0.2) is 5.96 Å². The SMILES string of the molecule is CC1CCN(C(N)=NCc2ccccc2CN(C)Cc2ccco2)CC1.I. The molecule has 0 aliphatic carbocycles. The van der Waals surface area contributed by atoms with E-state index in [0.717, 1.165) is 37.9 Å². The van der Waals surface area contributed by atoms with E-state index in [1.165, 1.54) is 24.0 Å². The lowest BCUT2D eigenvalue weighted by Crippen LogP contribution is -2.42. The van der Waals surface area contributed by atoms with Crippen LogP contribution in [0.1, 0.15) is 36.7 Å². The maximum Gasteiger partial charge on any atom is 0.191 e. The van der Waals surface area contributed by atoms with Gasteiger partial charge in [-0.2, -0.15) is 0 Å². The van der Waals surface area contributed by atoms with E-state index in [2.05, 4.69) is 53.0 Å². The molecule has 0 amide bonds. The number of nitrogens with two attached hydrogens (primary N) is 1. The van der Waals surface area contributed by atoms with Gasteiger partial charge in [0, 0.05) is 19.6 Å². The molecule has 1 aliphatic rings. The predicted molar refractivity (Wildman–Crippen MR) is 121 cm³/mol. The Morgan fingerprint density at radius 1 is 1.15 bits per heavy atom. The molecule has 2 N–H and O–H groups in total. The molecule has 0 spiro atoms. The first-order valence-corrected chi connectivity index (χ1v) is 9.44. The summed E-state index contributed by atoms with van der Waals surface area (Å²) in [4.78, 5) is 9.13. The fourth-order valence-corrected chi connectivity index (χ4v) is 3.39. The third kappa shape index (κ3) is 6.53. The van der Waals surface area contributed by atoms with Crippen molar-refractivity contribution in [3.63, 3.8) is 0 Å². The van der Waals surface area contributed by atoms with Gasteiger partial charge >= 0.3 is 0 Å². The lowest BCUT2D eigenvalue weighted by atomic mass is 10.00. The summed E-state index contributed by atoms with van der Waals surface area (Å²) in [7, 11) is 2.10. The molecule has 27 heavy (non-hydrogen) atoms. The molecule has 2 heterocycles. The van der Waals surface area contributed by atoms with Crippen molar-refractivity contribution in [1.82, 2.24) is 9.80 Å². The van der Waals surface area contributed by atoms with Crippen LogP contribution in [-0.2, 0) is 19.6 Å². The summed E-state index contributed by atoms with van der Waals surface area (Å²) in [5.74, 6) is 2.45. The summed E-state index contributed by atoms with van der Waals surface area (Å²) in [5.41, 5.74) is 8.75. The van der Waals surface area contributed by atoms with Crippen molar-refractivity contribution in [2.24, 2.45) is 16.6 Å². The van der Waals surface area contributed by atoms with Gasteiger partial charge in [0.05, 0.1) is 19.4 Å². The first-order valence-electron chi connectivity index (χ1n) is 9.44. The second kappa shape index (κ2) is 10.7. The Balaban J connectivity index is 0.00000261. The zero-order valence-corrected chi connectivity index (χ0v) is 18.6. The number of guanidine groups is 1. The van der Waals surface area contributed by atoms with E-state index in [9.17, 15) is 0 Å². The first-order chi connectivity index (χ1) is 12.6. The molecule has 0 radical (unpaired) electrons. The monoisotopic (exact) mass is 482 g/mol. The number of piperidine rings is 1. The highest BCUT2D eigenvalue weighted by molar-refractivity contribution is 14.0. The maximum atomic E-state index is 6.24. The Morgan fingerprint density at radius 3 is 2.52 bits per heavy atom. The standard InChI is InChI=1S/C21H30N4O.HI/c1-17-9-11-25(12-10-17)21(22)23-14-18-6-3-4-7-19(18)15-24(2)16-20-8-5-13-26-20;/h3-8,13,17H,9-12,14-16H2,1-2H3,(H2,22,23);1H. The van der Waals surface area contributed by atoms with Gasteiger partial charge in [-0.15, -0.1) is 24.0 Å². The maximum absolute atomic E-state index is 6.24. The smallest absolute Gasteiger partial charge is 0.191 e. The molecule has 1 aliphatic heterocycles. The molecule has 2 aromatic rings. The van der Waals surface area contributed by atoms with Gasteiger partial charge in [-0.1, -0.05) is 31.2 Å². The summed E-state index contributed by atoms with van der Waals surface area (Å²) >= 11 is 0. The van der Waals surface area contributed by atoms with E-state index < -0.39 is 0 Å². The Hall–Kier alpha value is -1.54. The number of furan rings is 1. The van der Waals surface area contributed by atoms with E-state index in [-0.39, 0.29) is 24.0 Å². The average Bonchev–Trinajstić information content (AvgIpc) is 3.14. The fourth-order valence-electron chi connectivity index (χ4n) is 3.39. The van der Waals surface area contributed by atoms with E-state index in [0.29, 0.717) is 12.5 Å². The second-order valence-corrected chi connectivity index (χ2v) is 7.36. The van der Waals surface area contributed by atoms with Crippen LogP contribution in [0.25, 0.3) is 0 Å². The van der Waals surface area contributed by atoms with Gasteiger partial charge in [0.2, 0.25) is 0 Å². The van der Waals surface area contributed by atoms with Crippen molar-refractivity contribution in [3.05, 3.63) is 59.5 Å². The van der Waals surface area contributed by atoms with Gasteiger partial charge in [0.25, 0.3) is 0 Å². The number of benzene rings is 1. The van der Waals surface area contributed by atoms with Gasteiger partial charge < -0.3 is 15.1 Å². The Morgan fingerprint density at radius 2 is 1.85 bits per heavy atom. The Kier molecular flexibility index (Phi) is 8.63. The third-order valence-corrected chi connectivity index (χ3v) is 5.08. The molecule has 6 heteroatoms. The third-order valence-electron chi connectivity index (χ3n) is 5.08. The quantitative estimate of drug-likeness (QED) is 0.383. The van der Waals surface area contributed by atoms with Gasteiger partial charge in [0.1, 0.15) is 5.76 Å². The number of aliphatic imine (C=N–C) groups is 1. The highest BCUT2D eigenvalue weighted by Crippen LogP contribution is 2.17. The molecule has 0 unspecified atom stereocenters. The van der Waals surface area contributed by atoms with Crippen LogP contribution in [-0.4, -0.2) is 35.9 Å². The zero-order valence-electron chi connectivity index (χ0n) is 16.3. The van der Waals surface area contributed by atoms with Crippen LogP contribution in [0, 0.1) is 5.92 Å². The number of halogens is 1. The summed E-state index contributed by atoms with van der Waals surface area (Å²) in [6, 6.07) is 12.4. The second-order valence-electron chi connectivity index (χ2n) is 7.36. The Bertz CT molecular complexity index is 709. The molecule has 1 aromatic heterocycles. The number of hydrogen-bond donors (Lipinski definition) is 1. The van der Waals surface area contributed by atoms with Crippen molar-refractivity contribution in [2.75, 3.05) is 20.1 Å². The topological polar surface area (TPSA) is 58.0 Å². The number of likely N-dealkylation sites (tertiary alicyclic amines) is 1. The molecule has 0 saturated carbocycles.